The highest BCUT2D eigenvalue weighted by Crippen LogP contribution is 2.26. The molecule has 0 bridgehead atoms. The summed E-state index contributed by atoms with van der Waals surface area (Å²) in [5.74, 6) is -1.05. The number of carbonyl (C=O) groups excluding carboxylic acids is 4. The summed E-state index contributed by atoms with van der Waals surface area (Å²) in [6.07, 6.45) is 3.06. The highest BCUT2D eigenvalue weighted by Gasteiger charge is 2.33. The fourth-order valence-corrected chi connectivity index (χ4v) is 5.76. The van der Waals surface area contributed by atoms with E-state index in [4.69, 9.17) is 0 Å². The summed E-state index contributed by atoms with van der Waals surface area (Å²) in [7, 11) is 1.65. The van der Waals surface area contributed by atoms with Crippen LogP contribution in [0.25, 0.3) is 0 Å². The number of carbonyl (C=O) groups is 4. The zero-order valence-corrected chi connectivity index (χ0v) is 26.9. The van der Waals surface area contributed by atoms with Crippen LogP contribution in [0.15, 0.2) is 109 Å². The van der Waals surface area contributed by atoms with Gasteiger partial charge in [-0.25, -0.2) is 4.79 Å². The Morgan fingerprint density at radius 3 is 2.15 bits per heavy atom. The Kier molecular flexibility index (Phi) is 11.0. The highest BCUT2D eigenvalue weighted by atomic mass is 16.2. The summed E-state index contributed by atoms with van der Waals surface area (Å²) >= 11 is 0. The molecule has 1 fully saturated rings. The molecule has 5 rings (SSSR count). The maximum absolute atomic E-state index is 14.7. The molecular formula is C38H41N5O4. The van der Waals surface area contributed by atoms with Crippen molar-refractivity contribution in [2.24, 2.45) is 0 Å². The molecule has 2 N–H and O–H groups in total. The molecule has 0 aromatic heterocycles. The van der Waals surface area contributed by atoms with Gasteiger partial charge in [0.15, 0.2) is 0 Å². The fraction of sp³-hybridized carbons (Fsp3) is 0.263. The lowest BCUT2D eigenvalue weighted by Gasteiger charge is -2.32. The van der Waals surface area contributed by atoms with Crippen LogP contribution in [0.2, 0.25) is 0 Å². The average Bonchev–Trinajstić information content (AvgIpc) is 3.10. The van der Waals surface area contributed by atoms with Crippen LogP contribution in [0.5, 0.6) is 0 Å². The Bertz CT molecular complexity index is 1690. The number of nitrogens with one attached hydrogen (secondary N) is 2. The lowest BCUT2D eigenvalue weighted by molar-refractivity contribution is -0.123. The van der Waals surface area contributed by atoms with E-state index in [2.05, 4.69) is 10.6 Å². The summed E-state index contributed by atoms with van der Waals surface area (Å²) in [6.45, 7) is 2.85. The number of piperidine rings is 1. The summed E-state index contributed by atoms with van der Waals surface area (Å²) in [5, 5.41) is 5.70. The van der Waals surface area contributed by atoms with Gasteiger partial charge in [-0.3, -0.25) is 14.4 Å². The number of rotatable bonds is 10. The average molecular weight is 632 g/mol. The number of likely N-dealkylation sites (N-methyl/N-ethyl adjacent to an activating group) is 1. The molecule has 1 aliphatic rings. The van der Waals surface area contributed by atoms with Gasteiger partial charge < -0.3 is 25.3 Å². The lowest BCUT2D eigenvalue weighted by atomic mass is 10.0. The number of hydrogen-bond donors (Lipinski definition) is 2. The number of likely N-dealkylation sites (tertiary alicyclic amines) is 1. The Morgan fingerprint density at radius 2 is 1.45 bits per heavy atom. The standard InChI is InChI=1S/C38H41N5O4/c1-28-15-14-18-30(25-28)39-38(47)40-33(26-29-16-6-3-7-17-29)37(46)43(27-35(44)41(2)31-19-8-4-9-20-31)34-22-11-10-21-32(34)36(45)42-23-12-5-13-24-42/h3-4,6-11,14-22,25,33H,5,12-13,23-24,26-27H2,1-2H3,(H2,39,40,47). The molecule has 9 nitrogen and oxygen atoms in total. The second-order valence-corrected chi connectivity index (χ2v) is 11.8. The van der Waals surface area contributed by atoms with E-state index in [9.17, 15) is 19.2 Å². The largest absolute Gasteiger partial charge is 0.339 e. The van der Waals surface area contributed by atoms with Crippen molar-refractivity contribution < 1.29 is 19.2 Å². The van der Waals surface area contributed by atoms with Crippen LogP contribution in [-0.4, -0.2) is 61.4 Å². The van der Waals surface area contributed by atoms with E-state index in [1.54, 1.807) is 42.3 Å². The first-order chi connectivity index (χ1) is 22.8. The van der Waals surface area contributed by atoms with Gasteiger partial charge in [0, 0.05) is 37.9 Å². The summed E-state index contributed by atoms with van der Waals surface area (Å²) in [4.78, 5) is 60.4. The SMILES string of the molecule is Cc1cccc(NC(=O)NC(Cc2ccccc2)C(=O)N(CC(=O)N(C)c2ccccc2)c2ccccc2C(=O)N2CCCCC2)c1. The number of amides is 5. The van der Waals surface area contributed by atoms with E-state index < -0.39 is 18.0 Å². The Labute approximate surface area is 276 Å². The molecule has 0 radical (unpaired) electrons. The van der Waals surface area contributed by atoms with Gasteiger partial charge in [0.25, 0.3) is 5.91 Å². The van der Waals surface area contributed by atoms with Crippen molar-refractivity contribution in [1.82, 2.24) is 10.2 Å². The molecule has 0 aliphatic carbocycles. The third-order valence-electron chi connectivity index (χ3n) is 8.31. The van der Waals surface area contributed by atoms with Gasteiger partial charge in [-0.1, -0.05) is 72.8 Å². The third kappa shape index (κ3) is 8.64. The molecular weight excluding hydrogens is 590 g/mol. The third-order valence-corrected chi connectivity index (χ3v) is 8.31. The van der Waals surface area contributed by atoms with Crippen LogP contribution in [0.1, 0.15) is 40.7 Å². The maximum atomic E-state index is 14.7. The zero-order chi connectivity index (χ0) is 33.2. The van der Waals surface area contributed by atoms with Gasteiger partial charge in [0.1, 0.15) is 12.6 Å². The lowest BCUT2D eigenvalue weighted by Crippen LogP contribution is -2.53. The van der Waals surface area contributed by atoms with Crippen LogP contribution >= 0.6 is 0 Å². The number of urea groups is 1. The molecule has 0 saturated carbocycles. The van der Waals surface area contributed by atoms with E-state index in [0.29, 0.717) is 35.7 Å². The first-order valence-electron chi connectivity index (χ1n) is 16.0. The molecule has 47 heavy (non-hydrogen) atoms. The second kappa shape index (κ2) is 15.7. The van der Waals surface area contributed by atoms with Crippen LogP contribution < -0.4 is 20.4 Å². The minimum Gasteiger partial charge on any atom is -0.339 e. The molecule has 1 atom stereocenters. The predicted octanol–water partition coefficient (Wildman–Crippen LogP) is 6.05. The van der Waals surface area contributed by atoms with Crippen LogP contribution in [0.3, 0.4) is 0 Å². The van der Waals surface area contributed by atoms with Crippen LogP contribution in [0, 0.1) is 6.92 Å². The quantitative estimate of drug-likeness (QED) is 0.223. The molecule has 9 heteroatoms. The molecule has 1 saturated heterocycles. The number of hydrogen-bond acceptors (Lipinski definition) is 4. The van der Waals surface area contributed by atoms with Crippen molar-refractivity contribution in [3.63, 3.8) is 0 Å². The van der Waals surface area contributed by atoms with Gasteiger partial charge in [-0.05, 0) is 73.7 Å². The van der Waals surface area contributed by atoms with Gasteiger partial charge >= 0.3 is 6.03 Å². The Balaban J connectivity index is 1.51. The monoisotopic (exact) mass is 631 g/mol. The van der Waals surface area contributed by atoms with Gasteiger partial charge in [0.05, 0.1) is 11.3 Å². The van der Waals surface area contributed by atoms with E-state index in [1.807, 2.05) is 85.8 Å². The van der Waals surface area contributed by atoms with Crippen molar-refractivity contribution in [3.8, 4) is 0 Å². The Morgan fingerprint density at radius 1 is 0.787 bits per heavy atom. The molecule has 1 unspecified atom stereocenters. The van der Waals surface area contributed by atoms with E-state index in [1.165, 1.54) is 9.80 Å². The number of para-hydroxylation sites is 2. The molecule has 5 amide bonds. The van der Waals surface area contributed by atoms with Crippen LogP contribution in [-0.2, 0) is 16.0 Å². The van der Waals surface area contributed by atoms with E-state index >= 15 is 0 Å². The van der Waals surface area contributed by atoms with E-state index in [-0.39, 0.29) is 24.8 Å². The van der Waals surface area contributed by atoms with Crippen LogP contribution in [0.4, 0.5) is 21.9 Å². The van der Waals surface area contributed by atoms with Crippen molar-refractivity contribution in [1.29, 1.82) is 0 Å². The van der Waals surface area contributed by atoms with Crippen molar-refractivity contribution >= 4 is 40.8 Å². The highest BCUT2D eigenvalue weighted by molar-refractivity contribution is 6.10. The number of anilines is 3. The van der Waals surface area contributed by atoms with Crippen molar-refractivity contribution in [3.05, 3.63) is 126 Å². The number of nitrogens with zero attached hydrogens (tertiary/aromatic N) is 3. The molecule has 0 spiro atoms. The second-order valence-electron chi connectivity index (χ2n) is 11.8. The molecule has 1 aliphatic heterocycles. The maximum Gasteiger partial charge on any atom is 0.319 e. The fourth-order valence-electron chi connectivity index (χ4n) is 5.76. The summed E-state index contributed by atoms with van der Waals surface area (Å²) < 4.78 is 0. The molecule has 4 aromatic rings. The topological polar surface area (TPSA) is 102 Å². The minimum atomic E-state index is -1.06. The summed E-state index contributed by atoms with van der Waals surface area (Å²) in [5.41, 5.74) is 3.71. The minimum absolute atomic E-state index is 0.169. The molecule has 4 aromatic carbocycles. The van der Waals surface area contributed by atoms with Gasteiger partial charge in [-0.15, -0.1) is 0 Å². The van der Waals surface area contributed by atoms with Crippen molar-refractivity contribution in [2.75, 3.05) is 41.8 Å². The molecule has 242 valence electrons. The smallest absolute Gasteiger partial charge is 0.319 e. The summed E-state index contributed by atoms with van der Waals surface area (Å²) in [6, 6.07) is 31.2. The zero-order valence-electron chi connectivity index (χ0n) is 26.9. The first kappa shape index (κ1) is 32.9. The first-order valence-corrected chi connectivity index (χ1v) is 16.0. The van der Waals surface area contributed by atoms with Crippen molar-refractivity contribution in [2.45, 2.75) is 38.6 Å². The Hall–Kier alpha value is -5.44. The normalized spacial score (nSPS) is 13.3. The van der Waals surface area contributed by atoms with E-state index in [0.717, 1.165) is 30.4 Å². The predicted molar refractivity (Wildman–Crippen MR) is 186 cm³/mol. The number of aryl methyl sites for hydroxylation is 1. The molecule has 1 heterocycles. The van der Waals surface area contributed by atoms with Gasteiger partial charge in [-0.2, -0.15) is 0 Å². The number of benzene rings is 4. The van der Waals surface area contributed by atoms with Gasteiger partial charge in [0.2, 0.25) is 11.8 Å².